The maximum absolute atomic E-state index is 13.4. The van der Waals surface area contributed by atoms with Crippen LogP contribution in [0.3, 0.4) is 0 Å². The summed E-state index contributed by atoms with van der Waals surface area (Å²) >= 11 is 0. The lowest BCUT2D eigenvalue weighted by Gasteiger charge is -2.35. The Morgan fingerprint density at radius 3 is 2.90 bits per heavy atom. The number of aliphatic hydroxyl groups is 1. The molecular formula is C14H19FN2O3. The molecule has 1 aliphatic rings. The van der Waals surface area contributed by atoms with Crippen LogP contribution in [0.5, 0.6) is 0 Å². The molecule has 5 nitrogen and oxygen atoms in total. The number of benzene rings is 1. The van der Waals surface area contributed by atoms with Crippen LogP contribution >= 0.6 is 0 Å². The van der Waals surface area contributed by atoms with Crippen LogP contribution in [0.25, 0.3) is 0 Å². The summed E-state index contributed by atoms with van der Waals surface area (Å²) in [6, 6.07) is 3.67. The highest BCUT2D eigenvalue weighted by Crippen LogP contribution is 2.23. The molecule has 1 heterocycles. The molecule has 2 atom stereocenters. The van der Waals surface area contributed by atoms with E-state index in [2.05, 4.69) is 4.90 Å². The fourth-order valence-electron chi connectivity index (χ4n) is 2.73. The van der Waals surface area contributed by atoms with Crippen molar-refractivity contribution in [1.82, 2.24) is 4.90 Å². The van der Waals surface area contributed by atoms with Gasteiger partial charge in [0.1, 0.15) is 5.82 Å². The van der Waals surface area contributed by atoms with Gasteiger partial charge >= 0.3 is 0 Å². The molecule has 6 heteroatoms. The molecule has 0 spiro atoms. The summed E-state index contributed by atoms with van der Waals surface area (Å²) in [6.07, 6.45) is 1.30. The molecule has 110 valence electrons. The van der Waals surface area contributed by atoms with Crippen molar-refractivity contribution in [3.63, 3.8) is 0 Å². The number of rotatable bonds is 4. The fraction of sp³-hybridized carbons (Fsp3) is 0.571. The lowest BCUT2D eigenvalue weighted by Crippen LogP contribution is -2.42. The van der Waals surface area contributed by atoms with Gasteiger partial charge in [-0.3, -0.25) is 15.0 Å². The Hall–Kier alpha value is -1.53. The highest BCUT2D eigenvalue weighted by atomic mass is 19.1. The number of nitrogens with zero attached hydrogens (tertiary/aromatic N) is 2. The minimum atomic E-state index is -0.585. The van der Waals surface area contributed by atoms with E-state index in [-0.39, 0.29) is 17.7 Å². The molecule has 0 amide bonds. The van der Waals surface area contributed by atoms with Crippen LogP contribution in [0.1, 0.15) is 25.3 Å². The largest absolute Gasteiger partial charge is 0.393 e. The summed E-state index contributed by atoms with van der Waals surface area (Å²) in [5.74, 6) is -0.370. The Kier molecular flexibility index (Phi) is 4.67. The van der Waals surface area contributed by atoms with Gasteiger partial charge in [-0.1, -0.05) is 6.92 Å². The van der Waals surface area contributed by atoms with Gasteiger partial charge in [0.25, 0.3) is 5.69 Å². The SMILES string of the molecule is CCC1CN(Cc2cc(F)cc([N+](=O)[O-])c2)CCC1O. The monoisotopic (exact) mass is 282 g/mol. The van der Waals surface area contributed by atoms with Gasteiger partial charge in [-0.2, -0.15) is 0 Å². The van der Waals surface area contributed by atoms with Crippen LogP contribution in [-0.4, -0.2) is 34.1 Å². The third-order valence-electron chi connectivity index (χ3n) is 3.86. The predicted molar refractivity (Wildman–Crippen MR) is 72.7 cm³/mol. The first-order valence-electron chi connectivity index (χ1n) is 6.84. The summed E-state index contributed by atoms with van der Waals surface area (Å²) in [7, 11) is 0. The summed E-state index contributed by atoms with van der Waals surface area (Å²) < 4.78 is 13.4. The Bertz CT molecular complexity index is 495. The Balaban J connectivity index is 2.08. The van der Waals surface area contributed by atoms with Crippen LogP contribution in [0.4, 0.5) is 10.1 Å². The van der Waals surface area contributed by atoms with Gasteiger partial charge in [-0.15, -0.1) is 0 Å². The third kappa shape index (κ3) is 3.52. The number of nitro groups is 1. The standard InChI is InChI=1S/C14H19FN2O3/c1-2-11-9-16(4-3-14(11)18)8-10-5-12(15)7-13(6-10)17(19)20/h5-7,11,14,18H,2-4,8-9H2,1H3. The smallest absolute Gasteiger partial charge is 0.272 e. The van der Waals surface area contributed by atoms with E-state index in [9.17, 15) is 19.6 Å². The second-order valence-electron chi connectivity index (χ2n) is 5.33. The third-order valence-corrected chi connectivity index (χ3v) is 3.86. The second-order valence-corrected chi connectivity index (χ2v) is 5.33. The van der Waals surface area contributed by atoms with E-state index in [1.54, 1.807) is 0 Å². The molecule has 1 fully saturated rings. The van der Waals surface area contributed by atoms with Gasteiger partial charge in [0.05, 0.1) is 17.1 Å². The van der Waals surface area contributed by atoms with Gasteiger partial charge in [0.15, 0.2) is 0 Å². The summed E-state index contributed by atoms with van der Waals surface area (Å²) in [5.41, 5.74) is 0.382. The zero-order valence-electron chi connectivity index (χ0n) is 11.5. The average Bonchev–Trinajstić information content (AvgIpc) is 2.40. The maximum atomic E-state index is 13.4. The molecule has 0 aliphatic carbocycles. The number of likely N-dealkylation sites (tertiary alicyclic amines) is 1. The number of hydrogen-bond acceptors (Lipinski definition) is 4. The maximum Gasteiger partial charge on any atom is 0.272 e. The van der Waals surface area contributed by atoms with Gasteiger partial charge in [0.2, 0.25) is 0 Å². The molecular weight excluding hydrogens is 263 g/mol. The van der Waals surface area contributed by atoms with Crippen molar-refractivity contribution in [1.29, 1.82) is 0 Å². The normalized spacial score (nSPS) is 23.8. The van der Waals surface area contributed by atoms with E-state index in [1.807, 2.05) is 6.92 Å². The van der Waals surface area contributed by atoms with E-state index < -0.39 is 10.7 Å². The second kappa shape index (κ2) is 6.28. The highest BCUT2D eigenvalue weighted by Gasteiger charge is 2.26. The molecule has 2 unspecified atom stereocenters. The highest BCUT2D eigenvalue weighted by molar-refractivity contribution is 5.35. The van der Waals surface area contributed by atoms with Gasteiger partial charge in [0, 0.05) is 25.7 Å². The summed E-state index contributed by atoms with van der Waals surface area (Å²) in [5, 5.41) is 20.6. The lowest BCUT2D eigenvalue weighted by atomic mass is 9.92. The number of piperidine rings is 1. The van der Waals surface area contributed by atoms with Crippen molar-refractivity contribution in [3.8, 4) is 0 Å². The number of non-ortho nitro benzene ring substituents is 1. The molecule has 0 saturated carbocycles. The first-order chi connectivity index (χ1) is 9.49. The minimum Gasteiger partial charge on any atom is -0.393 e. The van der Waals surface area contributed by atoms with E-state index >= 15 is 0 Å². The van der Waals surface area contributed by atoms with Gasteiger partial charge in [-0.25, -0.2) is 4.39 Å². The van der Waals surface area contributed by atoms with Crippen molar-refractivity contribution < 1.29 is 14.4 Å². The number of nitro benzene ring substituents is 1. The number of aliphatic hydroxyl groups excluding tert-OH is 1. The van der Waals surface area contributed by atoms with E-state index in [0.29, 0.717) is 18.5 Å². The molecule has 1 saturated heterocycles. The van der Waals surface area contributed by atoms with Crippen molar-refractivity contribution in [2.45, 2.75) is 32.4 Å². The van der Waals surface area contributed by atoms with Crippen LogP contribution in [-0.2, 0) is 6.54 Å². The predicted octanol–water partition coefficient (Wildman–Crippen LogP) is 2.33. The molecule has 1 aromatic rings. The first kappa shape index (κ1) is 14.9. The molecule has 0 radical (unpaired) electrons. The zero-order chi connectivity index (χ0) is 14.7. The average molecular weight is 282 g/mol. The lowest BCUT2D eigenvalue weighted by molar-refractivity contribution is -0.385. The van der Waals surface area contributed by atoms with Gasteiger partial charge < -0.3 is 5.11 Å². The van der Waals surface area contributed by atoms with Crippen molar-refractivity contribution in [3.05, 3.63) is 39.7 Å². The van der Waals surface area contributed by atoms with Crippen molar-refractivity contribution in [2.75, 3.05) is 13.1 Å². The Morgan fingerprint density at radius 1 is 1.50 bits per heavy atom. The minimum absolute atomic E-state index is 0.215. The Morgan fingerprint density at radius 2 is 2.25 bits per heavy atom. The van der Waals surface area contributed by atoms with Crippen LogP contribution < -0.4 is 0 Å². The number of hydrogen-bond donors (Lipinski definition) is 1. The fourth-order valence-corrected chi connectivity index (χ4v) is 2.73. The first-order valence-corrected chi connectivity index (χ1v) is 6.84. The molecule has 20 heavy (non-hydrogen) atoms. The molecule has 1 aromatic carbocycles. The van der Waals surface area contributed by atoms with Crippen molar-refractivity contribution >= 4 is 5.69 Å². The van der Waals surface area contributed by atoms with Gasteiger partial charge in [-0.05, 0) is 30.4 Å². The molecule has 2 rings (SSSR count). The molecule has 0 bridgehead atoms. The summed E-state index contributed by atoms with van der Waals surface area (Å²) in [6.45, 7) is 3.97. The van der Waals surface area contributed by atoms with Crippen molar-refractivity contribution in [2.24, 2.45) is 5.92 Å². The Labute approximate surface area is 117 Å². The van der Waals surface area contributed by atoms with E-state index in [4.69, 9.17) is 0 Å². The van der Waals surface area contributed by atoms with Crippen LogP contribution in [0.2, 0.25) is 0 Å². The molecule has 0 aromatic heterocycles. The van der Waals surface area contributed by atoms with Crippen LogP contribution in [0, 0.1) is 21.8 Å². The summed E-state index contributed by atoms with van der Waals surface area (Å²) in [4.78, 5) is 12.3. The molecule has 1 N–H and O–H groups in total. The van der Waals surface area contributed by atoms with Crippen LogP contribution in [0.15, 0.2) is 18.2 Å². The topological polar surface area (TPSA) is 66.6 Å². The van der Waals surface area contributed by atoms with E-state index in [0.717, 1.165) is 25.6 Å². The number of halogens is 1. The molecule has 1 aliphatic heterocycles. The van der Waals surface area contributed by atoms with E-state index in [1.165, 1.54) is 12.1 Å². The zero-order valence-corrected chi connectivity index (χ0v) is 11.5. The quantitative estimate of drug-likeness (QED) is 0.680.